The van der Waals surface area contributed by atoms with Gasteiger partial charge in [-0.2, -0.15) is 0 Å². The van der Waals surface area contributed by atoms with Crippen LogP contribution in [0.5, 0.6) is 0 Å². The number of carboxylic acid groups (broad SMARTS) is 1. The van der Waals surface area contributed by atoms with E-state index in [0.717, 1.165) is 12.2 Å². The molecule has 0 spiro atoms. The Labute approximate surface area is 116 Å². The van der Waals surface area contributed by atoms with E-state index in [4.69, 9.17) is 9.84 Å². The Balaban J connectivity index is 2.16. The number of hydrogen-bond donors (Lipinski definition) is 1. The highest BCUT2D eigenvalue weighted by Gasteiger charge is 2.49. The molecule has 106 valence electrons. The Bertz CT molecular complexity index is 473. The normalized spacial score (nSPS) is 20.5. The van der Waals surface area contributed by atoms with E-state index in [2.05, 4.69) is 24.0 Å². The summed E-state index contributed by atoms with van der Waals surface area (Å²) in [5, 5.41) is 17.8. The van der Waals surface area contributed by atoms with Gasteiger partial charge in [0.15, 0.2) is 5.16 Å². The molecule has 6 nitrogen and oxygen atoms in total. The van der Waals surface area contributed by atoms with E-state index in [1.165, 1.54) is 11.8 Å². The van der Waals surface area contributed by atoms with Gasteiger partial charge in [-0.25, -0.2) is 0 Å². The average Bonchev–Trinajstić information content (AvgIpc) is 2.81. The summed E-state index contributed by atoms with van der Waals surface area (Å²) >= 11 is 1.21. The molecular weight excluding hydrogens is 266 g/mol. The van der Waals surface area contributed by atoms with Crippen molar-refractivity contribution in [1.82, 2.24) is 14.8 Å². The molecule has 1 aliphatic carbocycles. The van der Waals surface area contributed by atoms with Crippen LogP contribution in [-0.4, -0.2) is 45.3 Å². The Morgan fingerprint density at radius 1 is 1.58 bits per heavy atom. The second-order valence-electron chi connectivity index (χ2n) is 5.41. The zero-order valence-electron chi connectivity index (χ0n) is 11.4. The minimum absolute atomic E-state index is 0.000818. The minimum Gasteiger partial charge on any atom is -0.481 e. The Hall–Kier alpha value is -1.08. The molecule has 0 bridgehead atoms. The van der Waals surface area contributed by atoms with Crippen LogP contribution in [0.2, 0.25) is 0 Å². The SMILES string of the molecule is COCCn1c(SCC(=O)O)nnc1C1CC1(C)C. The number of carboxylic acids is 1. The molecule has 0 aliphatic heterocycles. The summed E-state index contributed by atoms with van der Waals surface area (Å²) in [5.74, 6) is 0.518. The van der Waals surface area contributed by atoms with Crippen LogP contribution in [0.4, 0.5) is 0 Å². The van der Waals surface area contributed by atoms with Crippen LogP contribution in [-0.2, 0) is 16.1 Å². The zero-order valence-corrected chi connectivity index (χ0v) is 12.2. The molecule has 1 aromatic rings. The first-order chi connectivity index (χ1) is 8.95. The molecule has 19 heavy (non-hydrogen) atoms. The fraction of sp³-hybridized carbons (Fsp3) is 0.750. The first-order valence-corrected chi connectivity index (χ1v) is 7.21. The molecule has 1 fully saturated rings. The van der Waals surface area contributed by atoms with Crippen molar-refractivity contribution in [2.75, 3.05) is 19.5 Å². The lowest BCUT2D eigenvalue weighted by Crippen LogP contribution is -2.11. The summed E-state index contributed by atoms with van der Waals surface area (Å²) in [7, 11) is 1.65. The smallest absolute Gasteiger partial charge is 0.313 e. The van der Waals surface area contributed by atoms with Crippen molar-refractivity contribution < 1.29 is 14.6 Å². The predicted octanol–water partition coefficient (Wildman–Crippen LogP) is 1.61. The fourth-order valence-electron chi connectivity index (χ4n) is 2.09. The van der Waals surface area contributed by atoms with Crippen molar-refractivity contribution in [2.24, 2.45) is 5.41 Å². The maximum Gasteiger partial charge on any atom is 0.313 e. The van der Waals surface area contributed by atoms with E-state index in [-0.39, 0.29) is 11.2 Å². The summed E-state index contributed by atoms with van der Waals surface area (Å²) in [4.78, 5) is 10.7. The van der Waals surface area contributed by atoms with Crippen molar-refractivity contribution in [3.8, 4) is 0 Å². The maximum atomic E-state index is 10.7. The third kappa shape index (κ3) is 3.27. The second kappa shape index (κ2) is 5.50. The highest BCUT2D eigenvalue weighted by Crippen LogP contribution is 2.58. The largest absolute Gasteiger partial charge is 0.481 e. The molecule has 1 saturated carbocycles. The number of carbonyl (C=O) groups is 1. The zero-order chi connectivity index (χ0) is 14.0. The molecule has 1 N–H and O–H groups in total. The van der Waals surface area contributed by atoms with Gasteiger partial charge in [-0.3, -0.25) is 4.79 Å². The monoisotopic (exact) mass is 285 g/mol. The highest BCUT2D eigenvalue weighted by atomic mass is 32.2. The van der Waals surface area contributed by atoms with Gasteiger partial charge < -0.3 is 14.4 Å². The van der Waals surface area contributed by atoms with Gasteiger partial charge in [0.05, 0.1) is 12.4 Å². The molecule has 1 atom stereocenters. The molecule has 0 radical (unpaired) electrons. The molecule has 2 rings (SSSR count). The summed E-state index contributed by atoms with van der Waals surface area (Å²) in [6.45, 7) is 5.64. The van der Waals surface area contributed by atoms with E-state index in [0.29, 0.717) is 24.2 Å². The number of aliphatic carboxylic acids is 1. The summed E-state index contributed by atoms with van der Waals surface area (Å²) in [6.07, 6.45) is 1.10. The number of ether oxygens (including phenoxy) is 1. The van der Waals surface area contributed by atoms with Crippen LogP contribution >= 0.6 is 11.8 Å². The van der Waals surface area contributed by atoms with Crippen molar-refractivity contribution in [2.45, 2.75) is 37.9 Å². The number of rotatable bonds is 7. The quantitative estimate of drug-likeness (QED) is 0.767. The third-order valence-electron chi connectivity index (χ3n) is 3.41. The number of aromatic nitrogens is 3. The van der Waals surface area contributed by atoms with E-state index in [9.17, 15) is 4.79 Å². The standard InChI is InChI=1S/C12H19N3O3S/c1-12(2)6-8(12)10-13-14-11(19-7-9(16)17)15(10)4-5-18-3/h8H,4-7H2,1-3H3,(H,16,17). The lowest BCUT2D eigenvalue weighted by atomic mass is 10.1. The van der Waals surface area contributed by atoms with Crippen molar-refractivity contribution >= 4 is 17.7 Å². The molecule has 0 aromatic carbocycles. The number of nitrogens with zero attached hydrogens (tertiary/aromatic N) is 3. The summed E-state index contributed by atoms with van der Waals surface area (Å²) in [5.41, 5.74) is 0.270. The average molecular weight is 285 g/mol. The summed E-state index contributed by atoms with van der Waals surface area (Å²) < 4.78 is 7.10. The van der Waals surface area contributed by atoms with Crippen molar-refractivity contribution in [3.63, 3.8) is 0 Å². The van der Waals surface area contributed by atoms with Crippen LogP contribution in [0.15, 0.2) is 5.16 Å². The van der Waals surface area contributed by atoms with E-state index in [1.54, 1.807) is 7.11 Å². The third-order valence-corrected chi connectivity index (χ3v) is 4.37. The molecule has 7 heteroatoms. The van der Waals surface area contributed by atoms with Crippen molar-refractivity contribution in [1.29, 1.82) is 0 Å². The Morgan fingerprint density at radius 2 is 2.26 bits per heavy atom. The van der Waals surface area contributed by atoms with Crippen LogP contribution in [0, 0.1) is 5.41 Å². The number of thioether (sulfide) groups is 1. The number of methoxy groups -OCH3 is 1. The van der Waals surface area contributed by atoms with Gasteiger partial charge in [0.1, 0.15) is 5.82 Å². The minimum atomic E-state index is -0.848. The Morgan fingerprint density at radius 3 is 2.79 bits per heavy atom. The topological polar surface area (TPSA) is 77.2 Å². The van der Waals surface area contributed by atoms with E-state index < -0.39 is 5.97 Å². The van der Waals surface area contributed by atoms with Crippen LogP contribution < -0.4 is 0 Å². The van der Waals surface area contributed by atoms with Crippen LogP contribution in [0.25, 0.3) is 0 Å². The first-order valence-electron chi connectivity index (χ1n) is 6.22. The maximum absolute atomic E-state index is 10.7. The van der Waals surface area contributed by atoms with Crippen LogP contribution in [0.3, 0.4) is 0 Å². The summed E-state index contributed by atoms with van der Waals surface area (Å²) in [6, 6.07) is 0. The predicted molar refractivity (Wildman–Crippen MR) is 71.4 cm³/mol. The molecule has 1 aliphatic rings. The second-order valence-corrected chi connectivity index (χ2v) is 6.36. The molecule has 0 amide bonds. The van der Waals surface area contributed by atoms with E-state index in [1.807, 2.05) is 4.57 Å². The fourth-order valence-corrected chi connectivity index (χ4v) is 2.78. The van der Waals surface area contributed by atoms with Gasteiger partial charge in [0, 0.05) is 19.6 Å². The lowest BCUT2D eigenvalue weighted by Gasteiger charge is -2.09. The molecule has 1 aromatic heterocycles. The molecule has 1 unspecified atom stereocenters. The first kappa shape index (κ1) is 14.3. The number of hydrogen-bond acceptors (Lipinski definition) is 5. The molecular formula is C12H19N3O3S. The Kier molecular flexibility index (Phi) is 4.15. The van der Waals surface area contributed by atoms with Crippen molar-refractivity contribution in [3.05, 3.63) is 5.82 Å². The lowest BCUT2D eigenvalue weighted by molar-refractivity contribution is -0.133. The molecule has 0 saturated heterocycles. The van der Waals surface area contributed by atoms with Crippen LogP contribution in [0.1, 0.15) is 32.0 Å². The van der Waals surface area contributed by atoms with Gasteiger partial charge in [-0.15, -0.1) is 10.2 Å². The highest BCUT2D eigenvalue weighted by molar-refractivity contribution is 7.99. The van der Waals surface area contributed by atoms with Gasteiger partial charge in [-0.1, -0.05) is 25.6 Å². The van der Waals surface area contributed by atoms with Gasteiger partial charge in [-0.05, 0) is 11.8 Å². The van der Waals surface area contributed by atoms with E-state index >= 15 is 0 Å². The van der Waals surface area contributed by atoms with Gasteiger partial charge in [0.2, 0.25) is 0 Å². The molecule has 1 heterocycles. The van der Waals surface area contributed by atoms with Gasteiger partial charge >= 0.3 is 5.97 Å². The van der Waals surface area contributed by atoms with Gasteiger partial charge in [0.25, 0.3) is 0 Å².